The molecule has 2 aromatic carbocycles. The van der Waals surface area contributed by atoms with E-state index in [-0.39, 0.29) is 12.4 Å². The van der Waals surface area contributed by atoms with Gasteiger partial charge < -0.3 is 19.7 Å². The molecule has 0 fully saturated rings. The summed E-state index contributed by atoms with van der Waals surface area (Å²) in [6.07, 6.45) is -4.09. The Morgan fingerprint density at radius 3 is 2.15 bits per heavy atom. The van der Waals surface area contributed by atoms with Crippen LogP contribution < -0.4 is 14.8 Å². The number of likely N-dealkylation sites (N-methyl/N-ethyl adjacent to an activating group) is 1. The maximum Gasteiger partial charge on any atom is 0.419 e. The molecule has 1 atom stereocenters. The quantitative estimate of drug-likeness (QED) is 0.326. The minimum Gasteiger partial charge on any atom is -0.493 e. The van der Waals surface area contributed by atoms with Crippen molar-refractivity contribution >= 4 is 11.5 Å². The highest BCUT2D eigenvalue weighted by atomic mass is 19.4. The summed E-state index contributed by atoms with van der Waals surface area (Å²) in [5.74, 6) is 1.30. The van der Waals surface area contributed by atoms with E-state index in [4.69, 9.17) is 9.47 Å². The number of halogens is 3. The lowest BCUT2D eigenvalue weighted by molar-refractivity contribution is -0.0870. The van der Waals surface area contributed by atoms with Gasteiger partial charge in [0.25, 0.3) is 0 Å². The van der Waals surface area contributed by atoms with Gasteiger partial charge in [-0.2, -0.15) is 13.2 Å². The van der Waals surface area contributed by atoms with Crippen LogP contribution in [-0.4, -0.2) is 44.3 Å². The van der Waals surface area contributed by atoms with E-state index in [1.807, 2.05) is 24.3 Å². The zero-order valence-corrected chi connectivity index (χ0v) is 20.8. The number of hydrogen-bond acceptors (Lipinski definition) is 4. The van der Waals surface area contributed by atoms with E-state index in [2.05, 4.69) is 24.2 Å². The molecule has 0 aliphatic rings. The smallest absolute Gasteiger partial charge is 0.419 e. The number of allylic oxidation sites excluding steroid dienone is 1. The second-order valence-electron chi connectivity index (χ2n) is 8.30. The zero-order chi connectivity index (χ0) is 25.5. The van der Waals surface area contributed by atoms with Gasteiger partial charge in [-0.15, -0.1) is 0 Å². The van der Waals surface area contributed by atoms with E-state index in [0.717, 1.165) is 17.3 Å². The van der Waals surface area contributed by atoms with Gasteiger partial charge in [0.05, 0.1) is 19.8 Å². The van der Waals surface area contributed by atoms with Gasteiger partial charge in [-0.05, 0) is 55.2 Å². The largest absolute Gasteiger partial charge is 0.493 e. The summed E-state index contributed by atoms with van der Waals surface area (Å²) in [6, 6.07) is 13.1. The lowest BCUT2D eigenvalue weighted by Crippen LogP contribution is -2.35. The number of amidine groups is 1. The topological polar surface area (TPSA) is 46.1 Å². The summed E-state index contributed by atoms with van der Waals surface area (Å²) in [5.41, 5.74) is 1.94. The summed E-state index contributed by atoms with van der Waals surface area (Å²) < 4.78 is 52.1. The van der Waals surface area contributed by atoms with Gasteiger partial charge in [-0.25, -0.2) is 4.99 Å². The molecule has 0 spiro atoms. The van der Waals surface area contributed by atoms with Crippen molar-refractivity contribution in [3.8, 4) is 11.5 Å². The van der Waals surface area contributed by atoms with E-state index in [1.165, 1.54) is 31.6 Å². The van der Waals surface area contributed by atoms with Crippen LogP contribution in [0.5, 0.6) is 11.5 Å². The number of rotatable bonds is 9. The number of aliphatic imine (C=N–C) groups is 1. The van der Waals surface area contributed by atoms with Crippen LogP contribution in [-0.2, 0) is 6.54 Å². The Labute approximate surface area is 200 Å². The van der Waals surface area contributed by atoms with Crippen molar-refractivity contribution in [2.24, 2.45) is 4.99 Å². The number of hydrogen-bond donors (Lipinski definition) is 1. The SMILES string of the molecule is C/C=C(\C(=NC(C)Nc1ccc(C(C)C)cc1)N(C)Cc1ccc(OC)c(OC)c1)C(F)(F)F. The van der Waals surface area contributed by atoms with Gasteiger partial charge in [0.15, 0.2) is 11.5 Å². The molecule has 1 N–H and O–H groups in total. The van der Waals surface area contributed by atoms with Crippen molar-refractivity contribution in [1.82, 2.24) is 4.90 Å². The van der Waals surface area contributed by atoms with Crippen LogP contribution in [0.15, 0.2) is 59.1 Å². The number of methoxy groups -OCH3 is 2. The number of anilines is 1. The average Bonchev–Trinajstić information content (AvgIpc) is 2.78. The van der Waals surface area contributed by atoms with Crippen LogP contribution >= 0.6 is 0 Å². The summed E-state index contributed by atoms with van der Waals surface area (Å²) in [4.78, 5) is 5.92. The molecule has 186 valence electrons. The molecule has 0 amide bonds. The summed E-state index contributed by atoms with van der Waals surface area (Å²) in [7, 11) is 4.64. The fourth-order valence-corrected chi connectivity index (χ4v) is 3.54. The number of benzene rings is 2. The average molecular weight is 478 g/mol. The molecule has 0 aliphatic carbocycles. The minimum absolute atomic E-state index is 0.149. The van der Waals surface area contributed by atoms with Gasteiger partial charge in [-0.3, -0.25) is 0 Å². The van der Waals surface area contributed by atoms with E-state index >= 15 is 0 Å². The molecule has 0 aliphatic heterocycles. The number of alkyl halides is 3. The maximum absolute atomic E-state index is 13.9. The highest BCUT2D eigenvalue weighted by Gasteiger charge is 2.38. The van der Waals surface area contributed by atoms with E-state index in [0.29, 0.717) is 17.4 Å². The molecule has 0 bridgehead atoms. The molecule has 0 heterocycles. The van der Waals surface area contributed by atoms with Crippen LogP contribution in [0, 0.1) is 0 Å². The van der Waals surface area contributed by atoms with E-state index in [1.54, 1.807) is 32.2 Å². The van der Waals surface area contributed by atoms with Crippen LogP contribution in [0.3, 0.4) is 0 Å². The molecule has 1 unspecified atom stereocenters. The molecule has 0 radical (unpaired) electrons. The monoisotopic (exact) mass is 477 g/mol. The molecule has 0 aromatic heterocycles. The molecule has 5 nitrogen and oxygen atoms in total. The Kier molecular flexibility index (Phi) is 9.41. The highest BCUT2D eigenvalue weighted by molar-refractivity contribution is 5.99. The fourth-order valence-electron chi connectivity index (χ4n) is 3.54. The molecule has 2 aromatic rings. The third-order valence-electron chi connectivity index (χ3n) is 5.33. The van der Waals surface area contributed by atoms with Crippen LogP contribution in [0.25, 0.3) is 0 Å². The molecular weight excluding hydrogens is 443 g/mol. The molecule has 0 saturated heterocycles. The predicted octanol–water partition coefficient (Wildman–Crippen LogP) is 6.62. The second-order valence-corrected chi connectivity index (χ2v) is 8.30. The molecule has 2 rings (SSSR count). The zero-order valence-electron chi connectivity index (χ0n) is 20.8. The molecule has 0 saturated carbocycles. The third-order valence-corrected chi connectivity index (χ3v) is 5.33. The standard InChI is InChI=1S/C26H34F3N3O2/c1-8-22(26(27,28)29)25(31-18(4)30-21-12-10-20(11-13-21)17(2)3)32(5)16-19-9-14-23(33-6)24(15-19)34-7/h8-15,17-18,30H,16H2,1-7H3/b22-8+,31-25?. The Hall–Kier alpha value is -3.16. The predicted molar refractivity (Wildman–Crippen MR) is 132 cm³/mol. The normalized spacial score (nSPS) is 13.6. The third kappa shape index (κ3) is 7.17. The lowest BCUT2D eigenvalue weighted by Gasteiger charge is -2.26. The Bertz CT molecular complexity index is 999. The first-order valence-electron chi connectivity index (χ1n) is 11.1. The van der Waals surface area contributed by atoms with Crippen molar-refractivity contribution in [1.29, 1.82) is 0 Å². The first-order valence-corrected chi connectivity index (χ1v) is 11.1. The number of nitrogens with zero attached hydrogens (tertiary/aromatic N) is 2. The first-order chi connectivity index (χ1) is 16.0. The van der Waals surface area contributed by atoms with Crippen molar-refractivity contribution < 1.29 is 22.6 Å². The molecule has 34 heavy (non-hydrogen) atoms. The Morgan fingerprint density at radius 1 is 1.03 bits per heavy atom. The number of ether oxygens (including phenoxy) is 2. The Balaban J connectivity index is 2.34. The fraction of sp³-hybridized carbons (Fsp3) is 0.423. The molecule has 8 heteroatoms. The second kappa shape index (κ2) is 11.8. The van der Waals surface area contributed by atoms with Crippen molar-refractivity contribution in [2.45, 2.75) is 52.5 Å². The highest BCUT2D eigenvalue weighted by Crippen LogP contribution is 2.31. The van der Waals surface area contributed by atoms with Crippen LogP contribution in [0.1, 0.15) is 44.7 Å². The maximum atomic E-state index is 13.9. The van der Waals surface area contributed by atoms with E-state index in [9.17, 15) is 13.2 Å². The van der Waals surface area contributed by atoms with Gasteiger partial charge in [0.2, 0.25) is 0 Å². The summed E-state index contributed by atoms with van der Waals surface area (Å²) >= 11 is 0. The van der Waals surface area contributed by atoms with Gasteiger partial charge in [0, 0.05) is 19.3 Å². The minimum atomic E-state index is -4.54. The van der Waals surface area contributed by atoms with Gasteiger partial charge in [-0.1, -0.05) is 38.1 Å². The van der Waals surface area contributed by atoms with Crippen LogP contribution in [0.2, 0.25) is 0 Å². The summed E-state index contributed by atoms with van der Waals surface area (Å²) in [6.45, 7) is 7.50. The van der Waals surface area contributed by atoms with Crippen LogP contribution in [0.4, 0.5) is 18.9 Å². The number of nitrogens with one attached hydrogen (secondary N) is 1. The molecular formula is C26H34F3N3O2. The Morgan fingerprint density at radius 2 is 1.65 bits per heavy atom. The van der Waals surface area contributed by atoms with Crippen molar-refractivity contribution in [2.75, 3.05) is 26.6 Å². The van der Waals surface area contributed by atoms with Gasteiger partial charge in [0.1, 0.15) is 12.0 Å². The first kappa shape index (κ1) is 27.1. The van der Waals surface area contributed by atoms with Crippen molar-refractivity contribution in [3.05, 3.63) is 65.2 Å². The van der Waals surface area contributed by atoms with E-state index < -0.39 is 17.9 Å². The summed E-state index contributed by atoms with van der Waals surface area (Å²) in [5, 5.41) is 3.18. The lowest BCUT2D eigenvalue weighted by atomic mass is 10.0. The van der Waals surface area contributed by atoms with Gasteiger partial charge >= 0.3 is 6.18 Å². The van der Waals surface area contributed by atoms with Crippen molar-refractivity contribution in [3.63, 3.8) is 0 Å².